The minimum Gasteiger partial charge on any atom is -0.508 e. The minimum atomic E-state index is -0.390. The van der Waals surface area contributed by atoms with Crippen LogP contribution in [0, 0.1) is 0 Å². The second kappa shape index (κ2) is 6.79. The maximum absolute atomic E-state index is 12.2. The number of phenolic OH excluding ortho intramolecular Hbond substituents is 1. The quantitative estimate of drug-likeness (QED) is 0.619. The predicted octanol–water partition coefficient (Wildman–Crippen LogP) is 0.915. The summed E-state index contributed by atoms with van der Waals surface area (Å²) in [5.41, 5.74) is 6.18. The fourth-order valence-electron chi connectivity index (χ4n) is 1.89. The van der Waals surface area contributed by atoms with Gasteiger partial charge in [0.15, 0.2) is 0 Å². The zero-order chi connectivity index (χ0) is 15.3. The van der Waals surface area contributed by atoms with Crippen LogP contribution in [-0.2, 0) is 4.79 Å². The summed E-state index contributed by atoms with van der Waals surface area (Å²) in [7, 11) is 1.53. The van der Waals surface area contributed by atoms with Gasteiger partial charge in [-0.15, -0.1) is 0 Å². The number of likely N-dealkylation sites (N-methyl/N-ethyl adjacent to an activating group) is 2. The molecule has 6 nitrogen and oxygen atoms in total. The van der Waals surface area contributed by atoms with E-state index in [1.165, 1.54) is 30.1 Å². The van der Waals surface area contributed by atoms with Crippen molar-refractivity contribution in [3.05, 3.63) is 23.8 Å². The summed E-state index contributed by atoms with van der Waals surface area (Å²) in [6, 6.07) is 4.17. The van der Waals surface area contributed by atoms with Crippen molar-refractivity contribution in [2.45, 2.75) is 13.8 Å². The van der Waals surface area contributed by atoms with E-state index >= 15 is 0 Å². The van der Waals surface area contributed by atoms with Crippen molar-refractivity contribution in [2.75, 3.05) is 32.4 Å². The van der Waals surface area contributed by atoms with Gasteiger partial charge in [-0.2, -0.15) is 0 Å². The average molecular weight is 279 g/mol. The molecule has 0 aliphatic heterocycles. The van der Waals surface area contributed by atoms with E-state index in [0.717, 1.165) is 0 Å². The molecule has 6 heteroatoms. The molecule has 0 aliphatic rings. The van der Waals surface area contributed by atoms with Crippen LogP contribution in [0.4, 0.5) is 5.69 Å². The van der Waals surface area contributed by atoms with Crippen LogP contribution in [0.15, 0.2) is 18.2 Å². The average Bonchev–Trinajstić information content (AvgIpc) is 2.42. The van der Waals surface area contributed by atoms with Crippen LogP contribution in [-0.4, -0.2) is 53.4 Å². The number of nitrogen functional groups attached to an aromatic ring is 1. The molecule has 0 fully saturated rings. The number of phenols is 1. The summed E-state index contributed by atoms with van der Waals surface area (Å²) in [6.45, 7) is 4.96. The predicted molar refractivity (Wildman–Crippen MR) is 77.4 cm³/mol. The minimum absolute atomic E-state index is 0.0182. The molecular formula is C14H21N3O3. The van der Waals surface area contributed by atoms with Gasteiger partial charge in [0.1, 0.15) is 5.75 Å². The van der Waals surface area contributed by atoms with Crippen molar-refractivity contribution in [1.82, 2.24) is 9.80 Å². The summed E-state index contributed by atoms with van der Waals surface area (Å²) in [6.07, 6.45) is 0. The number of anilines is 1. The van der Waals surface area contributed by atoms with Crippen LogP contribution in [0.25, 0.3) is 0 Å². The van der Waals surface area contributed by atoms with Gasteiger partial charge >= 0.3 is 0 Å². The van der Waals surface area contributed by atoms with E-state index in [-0.39, 0.29) is 35.4 Å². The third-order valence-electron chi connectivity index (χ3n) is 3.10. The Balaban J connectivity index is 2.82. The molecule has 3 N–H and O–H groups in total. The molecular weight excluding hydrogens is 258 g/mol. The fourth-order valence-corrected chi connectivity index (χ4v) is 1.89. The largest absolute Gasteiger partial charge is 0.508 e. The number of nitrogens with two attached hydrogens (primary N) is 1. The standard InChI is InChI=1S/C14H21N3O3/c1-4-17(5-2)13(19)9-16(3)14(20)11-8-10(18)6-7-12(11)15/h6-8,18H,4-5,9,15H2,1-3H3. The molecule has 110 valence electrons. The number of benzene rings is 1. The highest BCUT2D eigenvalue weighted by Gasteiger charge is 2.19. The van der Waals surface area contributed by atoms with Crippen LogP contribution in [0.3, 0.4) is 0 Å². The maximum atomic E-state index is 12.2. The van der Waals surface area contributed by atoms with Crippen molar-refractivity contribution >= 4 is 17.5 Å². The second-order valence-corrected chi connectivity index (χ2v) is 4.50. The Morgan fingerprint density at radius 1 is 1.25 bits per heavy atom. The van der Waals surface area contributed by atoms with E-state index in [4.69, 9.17) is 5.73 Å². The highest BCUT2D eigenvalue weighted by molar-refractivity contribution is 6.00. The third-order valence-corrected chi connectivity index (χ3v) is 3.10. The number of nitrogens with zero attached hydrogens (tertiary/aromatic N) is 2. The molecule has 0 heterocycles. The van der Waals surface area contributed by atoms with Crippen LogP contribution in [0.5, 0.6) is 5.75 Å². The van der Waals surface area contributed by atoms with E-state index in [1.807, 2.05) is 13.8 Å². The van der Waals surface area contributed by atoms with Crippen molar-refractivity contribution in [2.24, 2.45) is 0 Å². The van der Waals surface area contributed by atoms with Gasteiger partial charge in [0.05, 0.1) is 12.1 Å². The van der Waals surface area contributed by atoms with Gasteiger partial charge in [-0.05, 0) is 32.0 Å². The SMILES string of the molecule is CCN(CC)C(=O)CN(C)C(=O)c1cc(O)ccc1N. The molecule has 0 aromatic heterocycles. The lowest BCUT2D eigenvalue weighted by atomic mass is 10.1. The van der Waals surface area contributed by atoms with Crippen molar-refractivity contribution in [1.29, 1.82) is 0 Å². The number of hydrogen-bond acceptors (Lipinski definition) is 4. The van der Waals surface area contributed by atoms with Crippen LogP contribution in [0.2, 0.25) is 0 Å². The monoisotopic (exact) mass is 279 g/mol. The lowest BCUT2D eigenvalue weighted by molar-refractivity contribution is -0.131. The first-order valence-electron chi connectivity index (χ1n) is 6.52. The van der Waals surface area contributed by atoms with Gasteiger partial charge in [-0.3, -0.25) is 9.59 Å². The number of carbonyl (C=O) groups excluding carboxylic acids is 2. The van der Waals surface area contributed by atoms with E-state index < -0.39 is 0 Å². The summed E-state index contributed by atoms with van der Waals surface area (Å²) in [4.78, 5) is 27.1. The van der Waals surface area contributed by atoms with E-state index in [2.05, 4.69) is 0 Å². The summed E-state index contributed by atoms with van der Waals surface area (Å²) >= 11 is 0. The van der Waals surface area contributed by atoms with Crippen LogP contribution < -0.4 is 5.73 Å². The Hall–Kier alpha value is -2.24. The molecule has 1 aromatic carbocycles. The highest BCUT2D eigenvalue weighted by Crippen LogP contribution is 2.19. The smallest absolute Gasteiger partial charge is 0.256 e. The molecule has 0 aliphatic carbocycles. The number of amides is 2. The third kappa shape index (κ3) is 3.63. The first-order chi connectivity index (χ1) is 9.40. The highest BCUT2D eigenvalue weighted by atomic mass is 16.3. The van der Waals surface area contributed by atoms with Crippen molar-refractivity contribution in [3.63, 3.8) is 0 Å². The second-order valence-electron chi connectivity index (χ2n) is 4.50. The Kier molecular flexibility index (Phi) is 5.37. The van der Waals surface area contributed by atoms with E-state index in [0.29, 0.717) is 13.1 Å². The lowest BCUT2D eigenvalue weighted by Crippen LogP contribution is -2.41. The molecule has 0 saturated carbocycles. The van der Waals surface area contributed by atoms with Gasteiger partial charge in [0, 0.05) is 25.8 Å². The lowest BCUT2D eigenvalue weighted by Gasteiger charge is -2.23. The number of aromatic hydroxyl groups is 1. The molecule has 0 saturated heterocycles. The number of rotatable bonds is 5. The molecule has 1 aromatic rings. The Morgan fingerprint density at radius 3 is 2.40 bits per heavy atom. The van der Waals surface area contributed by atoms with Gasteiger partial charge in [0.25, 0.3) is 5.91 Å². The molecule has 2 amide bonds. The Labute approximate surface area is 118 Å². The van der Waals surface area contributed by atoms with Crippen LogP contribution >= 0.6 is 0 Å². The van der Waals surface area contributed by atoms with Gasteiger partial charge in [-0.25, -0.2) is 0 Å². The summed E-state index contributed by atoms with van der Waals surface area (Å²) in [5, 5.41) is 9.41. The Morgan fingerprint density at radius 2 is 1.85 bits per heavy atom. The van der Waals surface area contributed by atoms with Crippen molar-refractivity contribution < 1.29 is 14.7 Å². The molecule has 1 rings (SSSR count). The molecule has 0 unspecified atom stereocenters. The first kappa shape index (κ1) is 15.8. The zero-order valence-electron chi connectivity index (χ0n) is 12.1. The first-order valence-corrected chi connectivity index (χ1v) is 6.52. The maximum Gasteiger partial charge on any atom is 0.256 e. The zero-order valence-corrected chi connectivity index (χ0v) is 12.1. The molecule has 0 spiro atoms. The van der Waals surface area contributed by atoms with E-state index in [1.54, 1.807) is 4.90 Å². The number of hydrogen-bond donors (Lipinski definition) is 2. The molecule has 0 radical (unpaired) electrons. The Bertz CT molecular complexity index is 498. The van der Waals surface area contributed by atoms with Gasteiger partial charge in [0.2, 0.25) is 5.91 Å². The van der Waals surface area contributed by atoms with Crippen molar-refractivity contribution in [3.8, 4) is 5.75 Å². The number of carbonyl (C=O) groups is 2. The normalized spacial score (nSPS) is 10.2. The van der Waals surface area contributed by atoms with Gasteiger partial charge in [-0.1, -0.05) is 0 Å². The topological polar surface area (TPSA) is 86.9 Å². The van der Waals surface area contributed by atoms with E-state index in [9.17, 15) is 14.7 Å². The summed E-state index contributed by atoms with van der Waals surface area (Å²) in [5.74, 6) is -0.547. The molecule has 0 bridgehead atoms. The molecule has 20 heavy (non-hydrogen) atoms. The molecule has 0 atom stereocenters. The van der Waals surface area contributed by atoms with Gasteiger partial charge < -0.3 is 20.6 Å². The fraction of sp³-hybridized carbons (Fsp3) is 0.429. The van der Waals surface area contributed by atoms with Crippen LogP contribution in [0.1, 0.15) is 24.2 Å². The summed E-state index contributed by atoms with van der Waals surface area (Å²) < 4.78 is 0.